The Morgan fingerprint density at radius 3 is 2.67 bits per heavy atom. The molecule has 2 aromatic rings. The second kappa shape index (κ2) is 7.88. The van der Waals surface area contributed by atoms with Crippen molar-refractivity contribution >= 4 is 17.2 Å². The third-order valence-corrected chi connectivity index (χ3v) is 5.17. The summed E-state index contributed by atoms with van der Waals surface area (Å²) in [6, 6.07) is 10.1. The van der Waals surface area contributed by atoms with Gasteiger partial charge in [-0.05, 0) is 30.5 Å². The van der Waals surface area contributed by atoms with Crippen molar-refractivity contribution in [2.45, 2.75) is 19.0 Å². The van der Waals surface area contributed by atoms with Crippen molar-refractivity contribution in [2.75, 3.05) is 26.3 Å². The first-order chi connectivity index (χ1) is 11.7. The Morgan fingerprint density at radius 1 is 1.25 bits per heavy atom. The summed E-state index contributed by atoms with van der Waals surface area (Å²) in [5, 5.41) is 5.00. The Hall–Kier alpha value is -1.76. The molecule has 128 valence electrons. The van der Waals surface area contributed by atoms with Gasteiger partial charge in [-0.1, -0.05) is 18.2 Å². The summed E-state index contributed by atoms with van der Waals surface area (Å²) in [7, 11) is 0. The molecule has 0 unspecified atom stereocenters. The number of morpholine rings is 1. The second-order valence-electron chi connectivity index (χ2n) is 5.85. The molecule has 2 atom stereocenters. The van der Waals surface area contributed by atoms with Crippen LogP contribution in [0.15, 0.2) is 41.8 Å². The van der Waals surface area contributed by atoms with E-state index in [1.54, 1.807) is 23.5 Å². The molecule has 0 radical (unpaired) electrons. The van der Waals surface area contributed by atoms with Gasteiger partial charge in [0.2, 0.25) is 0 Å². The topological polar surface area (TPSA) is 41.6 Å². The molecule has 1 aromatic heterocycles. The van der Waals surface area contributed by atoms with E-state index in [0.29, 0.717) is 13.2 Å². The zero-order valence-electron chi connectivity index (χ0n) is 13.6. The number of carbonyl (C=O) groups is 1. The fourth-order valence-corrected chi connectivity index (χ4v) is 4.03. The number of carbonyl (C=O) groups excluding carboxylic acids is 1. The van der Waals surface area contributed by atoms with Gasteiger partial charge in [0, 0.05) is 24.0 Å². The SMILES string of the molecule is C[C@@H](NC(=O)c1ccccc1F)[C@@H](c1cccs1)N1CCOCC1. The first-order valence-corrected chi connectivity index (χ1v) is 8.95. The summed E-state index contributed by atoms with van der Waals surface area (Å²) in [6.45, 7) is 5.00. The number of benzene rings is 1. The van der Waals surface area contributed by atoms with Crippen LogP contribution in [0.2, 0.25) is 0 Å². The number of rotatable bonds is 5. The van der Waals surface area contributed by atoms with E-state index in [1.807, 2.05) is 18.4 Å². The highest BCUT2D eigenvalue weighted by molar-refractivity contribution is 7.10. The third-order valence-electron chi connectivity index (χ3n) is 4.22. The molecule has 0 bridgehead atoms. The fourth-order valence-electron chi connectivity index (χ4n) is 3.07. The van der Waals surface area contributed by atoms with Crippen LogP contribution in [-0.4, -0.2) is 43.2 Å². The predicted molar refractivity (Wildman–Crippen MR) is 92.8 cm³/mol. The molecule has 1 aliphatic heterocycles. The molecule has 3 rings (SSSR count). The van der Waals surface area contributed by atoms with Gasteiger partial charge in [-0.2, -0.15) is 0 Å². The maximum absolute atomic E-state index is 13.8. The van der Waals surface area contributed by atoms with E-state index in [2.05, 4.69) is 16.3 Å². The zero-order valence-corrected chi connectivity index (χ0v) is 14.4. The van der Waals surface area contributed by atoms with Crippen LogP contribution < -0.4 is 5.32 Å². The molecule has 4 nitrogen and oxygen atoms in total. The number of hydrogen-bond acceptors (Lipinski definition) is 4. The van der Waals surface area contributed by atoms with E-state index in [4.69, 9.17) is 4.74 Å². The fraction of sp³-hybridized carbons (Fsp3) is 0.389. The summed E-state index contributed by atoms with van der Waals surface area (Å²) >= 11 is 1.67. The number of thiophene rings is 1. The number of ether oxygens (including phenoxy) is 1. The minimum atomic E-state index is -0.499. The third kappa shape index (κ3) is 3.83. The van der Waals surface area contributed by atoms with E-state index < -0.39 is 5.82 Å². The zero-order chi connectivity index (χ0) is 16.9. The highest BCUT2D eigenvalue weighted by Gasteiger charge is 2.30. The van der Waals surface area contributed by atoms with Crippen LogP contribution in [0, 0.1) is 5.82 Å². The van der Waals surface area contributed by atoms with Crippen molar-refractivity contribution in [3.63, 3.8) is 0 Å². The van der Waals surface area contributed by atoms with E-state index in [0.717, 1.165) is 13.1 Å². The average molecular weight is 348 g/mol. The lowest BCUT2D eigenvalue weighted by Crippen LogP contribution is -2.48. The molecule has 0 spiro atoms. The van der Waals surface area contributed by atoms with Crippen LogP contribution >= 0.6 is 11.3 Å². The number of halogens is 1. The van der Waals surface area contributed by atoms with Crippen molar-refractivity contribution < 1.29 is 13.9 Å². The highest BCUT2D eigenvalue weighted by atomic mass is 32.1. The van der Waals surface area contributed by atoms with Crippen LogP contribution in [0.3, 0.4) is 0 Å². The van der Waals surface area contributed by atoms with E-state index in [1.165, 1.54) is 17.0 Å². The standard InChI is InChI=1S/C18H21FN2O2S/c1-13(20-18(22)14-5-2-3-6-15(14)19)17(16-7-4-12-24-16)21-8-10-23-11-9-21/h2-7,12-13,17H,8-11H2,1H3,(H,20,22)/t13-,17+/m1/s1. The molecule has 1 aromatic carbocycles. The first-order valence-electron chi connectivity index (χ1n) is 8.07. The van der Waals surface area contributed by atoms with Gasteiger partial charge in [0.1, 0.15) is 5.82 Å². The Balaban J connectivity index is 1.77. The number of hydrogen-bond donors (Lipinski definition) is 1. The molecule has 1 N–H and O–H groups in total. The molecular weight excluding hydrogens is 327 g/mol. The lowest BCUT2D eigenvalue weighted by molar-refractivity contribution is 0.00968. The van der Waals surface area contributed by atoms with Gasteiger partial charge in [0.15, 0.2) is 0 Å². The summed E-state index contributed by atoms with van der Waals surface area (Å²) in [4.78, 5) is 16.0. The summed E-state index contributed by atoms with van der Waals surface area (Å²) < 4.78 is 19.3. The molecule has 0 aliphatic carbocycles. The molecule has 2 heterocycles. The molecular formula is C18H21FN2O2S. The molecule has 6 heteroatoms. The molecule has 1 aliphatic rings. The minimum absolute atomic E-state index is 0.0598. The number of amides is 1. The van der Waals surface area contributed by atoms with Crippen molar-refractivity contribution in [2.24, 2.45) is 0 Å². The number of nitrogens with zero attached hydrogens (tertiary/aromatic N) is 1. The quantitative estimate of drug-likeness (QED) is 0.903. The molecule has 1 fully saturated rings. The van der Waals surface area contributed by atoms with Crippen molar-refractivity contribution in [3.05, 3.63) is 58.0 Å². The smallest absolute Gasteiger partial charge is 0.254 e. The van der Waals surface area contributed by atoms with Crippen LogP contribution in [0.5, 0.6) is 0 Å². The maximum Gasteiger partial charge on any atom is 0.254 e. The van der Waals surface area contributed by atoms with Crippen LogP contribution in [0.1, 0.15) is 28.2 Å². The van der Waals surface area contributed by atoms with Gasteiger partial charge in [-0.25, -0.2) is 4.39 Å². The highest BCUT2D eigenvalue weighted by Crippen LogP contribution is 2.29. The van der Waals surface area contributed by atoms with Crippen LogP contribution in [0.25, 0.3) is 0 Å². The van der Waals surface area contributed by atoms with Gasteiger partial charge in [0.05, 0.1) is 24.8 Å². The second-order valence-corrected chi connectivity index (χ2v) is 6.83. The minimum Gasteiger partial charge on any atom is -0.379 e. The molecule has 24 heavy (non-hydrogen) atoms. The number of nitrogens with one attached hydrogen (secondary N) is 1. The lowest BCUT2D eigenvalue weighted by Gasteiger charge is -2.37. The largest absolute Gasteiger partial charge is 0.379 e. The van der Waals surface area contributed by atoms with Gasteiger partial charge in [-0.15, -0.1) is 11.3 Å². The van der Waals surface area contributed by atoms with Crippen molar-refractivity contribution in [1.82, 2.24) is 10.2 Å². The van der Waals surface area contributed by atoms with Crippen LogP contribution in [-0.2, 0) is 4.74 Å². The first kappa shape index (κ1) is 17.1. The average Bonchev–Trinajstić information content (AvgIpc) is 3.10. The Kier molecular flexibility index (Phi) is 5.60. The Morgan fingerprint density at radius 2 is 2.00 bits per heavy atom. The van der Waals surface area contributed by atoms with Crippen molar-refractivity contribution in [1.29, 1.82) is 0 Å². The van der Waals surface area contributed by atoms with Gasteiger partial charge in [0.25, 0.3) is 5.91 Å². The van der Waals surface area contributed by atoms with E-state index >= 15 is 0 Å². The van der Waals surface area contributed by atoms with Crippen molar-refractivity contribution in [3.8, 4) is 0 Å². The maximum atomic E-state index is 13.8. The van der Waals surface area contributed by atoms with Gasteiger partial charge < -0.3 is 10.1 Å². The Bertz CT molecular complexity index is 671. The molecule has 1 saturated heterocycles. The predicted octanol–water partition coefficient (Wildman–Crippen LogP) is 3.08. The monoisotopic (exact) mass is 348 g/mol. The van der Waals surface area contributed by atoms with Crippen LogP contribution in [0.4, 0.5) is 4.39 Å². The molecule has 0 saturated carbocycles. The summed E-state index contributed by atoms with van der Waals surface area (Å²) in [5.41, 5.74) is 0.0799. The summed E-state index contributed by atoms with van der Waals surface area (Å²) in [5.74, 6) is -0.878. The van der Waals surface area contributed by atoms with Gasteiger partial charge >= 0.3 is 0 Å². The van der Waals surface area contributed by atoms with E-state index in [9.17, 15) is 9.18 Å². The van der Waals surface area contributed by atoms with E-state index in [-0.39, 0.29) is 23.6 Å². The normalized spacial score (nSPS) is 18.1. The molecule has 1 amide bonds. The van der Waals surface area contributed by atoms with Gasteiger partial charge in [-0.3, -0.25) is 9.69 Å². The summed E-state index contributed by atoms with van der Waals surface area (Å²) in [6.07, 6.45) is 0. The Labute approximate surface area is 145 Å². The lowest BCUT2D eigenvalue weighted by atomic mass is 10.0.